The average Bonchev–Trinajstić information content (AvgIpc) is 2.75. The number of hydrogen-bond donors (Lipinski definition) is 0. The zero-order chi connectivity index (χ0) is 20.3. The number of benzene rings is 3. The van der Waals surface area contributed by atoms with Gasteiger partial charge in [-0.15, -0.1) is 4.40 Å². The van der Waals surface area contributed by atoms with E-state index in [1.807, 2.05) is 79.7 Å². The van der Waals surface area contributed by atoms with Crippen molar-refractivity contribution < 1.29 is 12.8 Å². The van der Waals surface area contributed by atoms with E-state index in [4.69, 9.17) is 4.42 Å². The second kappa shape index (κ2) is 7.89. The lowest BCUT2D eigenvalue weighted by Crippen LogP contribution is -2.11. The fraction of sp³-hybridized carbons (Fsp3) is 0.0417. The highest BCUT2D eigenvalue weighted by atomic mass is 32.2. The molecule has 0 fully saturated rings. The maximum absolute atomic E-state index is 12.9. The lowest BCUT2D eigenvalue weighted by atomic mass is 10.1. The van der Waals surface area contributed by atoms with Crippen molar-refractivity contribution in [1.29, 1.82) is 0 Å². The molecule has 0 atom stereocenters. The van der Waals surface area contributed by atoms with Crippen LogP contribution >= 0.6 is 0 Å². The number of nitrogens with zero attached hydrogens (tertiary/aromatic N) is 1. The Morgan fingerprint density at radius 2 is 1.28 bits per heavy atom. The predicted molar refractivity (Wildman–Crippen MR) is 114 cm³/mol. The van der Waals surface area contributed by atoms with Crippen LogP contribution in [0.1, 0.15) is 5.56 Å². The Morgan fingerprint density at radius 1 is 0.690 bits per heavy atom. The minimum absolute atomic E-state index is 0.0538. The summed E-state index contributed by atoms with van der Waals surface area (Å²) in [5.74, 6) is 0.545. The largest absolute Gasteiger partial charge is 0.437 e. The van der Waals surface area contributed by atoms with E-state index in [0.717, 1.165) is 16.7 Å². The Kier molecular flexibility index (Phi) is 5.14. The van der Waals surface area contributed by atoms with Crippen LogP contribution < -0.4 is 5.55 Å². The van der Waals surface area contributed by atoms with E-state index in [1.54, 1.807) is 24.3 Å². The van der Waals surface area contributed by atoms with Gasteiger partial charge in [-0.05, 0) is 36.8 Å². The Balaban J connectivity index is 1.93. The fourth-order valence-corrected chi connectivity index (χ4v) is 3.90. The standard InChI is InChI=1S/C24H19NO3S/c1-18-12-14-21(15-13-18)29(26,27)25-24-22(19-8-4-2-5-9-19)16-17-23(28-24)20-10-6-3-7-11-20/h2-17H,1H3/b25-24-. The summed E-state index contributed by atoms with van der Waals surface area (Å²) in [4.78, 5) is 0.127. The maximum Gasteiger partial charge on any atom is 0.285 e. The summed E-state index contributed by atoms with van der Waals surface area (Å²) in [5, 5.41) is 0. The van der Waals surface area contributed by atoms with Gasteiger partial charge in [-0.25, -0.2) is 0 Å². The summed E-state index contributed by atoms with van der Waals surface area (Å²) in [7, 11) is -3.93. The first-order valence-electron chi connectivity index (χ1n) is 9.16. The van der Waals surface area contributed by atoms with Crippen LogP contribution in [0.3, 0.4) is 0 Å². The van der Waals surface area contributed by atoms with Gasteiger partial charge in [0.1, 0.15) is 5.76 Å². The van der Waals surface area contributed by atoms with Crippen molar-refractivity contribution in [3.63, 3.8) is 0 Å². The fourth-order valence-electron chi connectivity index (χ4n) is 2.96. The molecule has 0 amide bonds. The van der Waals surface area contributed by atoms with E-state index in [1.165, 1.54) is 0 Å². The minimum atomic E-state index is -3.93. The molecule has 4 rings (SSSR count). The highest BCUT2D eigenvalue weighted by Crippen LogP contribution is 2.22. The Labute approximate surface area is 169 Å². The van der Waals surface area contributed by atoms with Crippen LogP contribution in [0.15, 0.2) is 111 Å². The third-order valence-electron chi connectivity index (χ3n) is 4.50. The summed E-state index contributed by atoms with van der Waals surface area (Å²) < 4.78 is 35.9. The molecule has 0 saturated carbocycles. The molecule has 0 bridgehead atoms. The third kappa shape index (κ3) is 4.20. The van der Waals surface area contributed by atoms with E-state index < -0.39 is 10.0 Å². The molecule has 0 spiro atoms. The van der Waals surface area contributed by atoms with Crippen LogP contribution in [0.2, 0.25) is 0 Å². The number of hydrogen-bond acceptors (Lipinski definition) is 3. The van der Waals surface area contributed by atoms with Crippen molar-refractivity contribution in [2.75, 3.05) is 0 Å². The highest BCUT2D eigenvalue weighted by molar-refractivity contribution is 7.90. The van der Waals surface area contributed by atoms with E-state index in [9.17, 15) is 8.42 Å². The zero-order valence-electron chi connectivity index (χ0n) is 15.8. The molecule has 4 aromatic rings. The van der Waals surface area contributed by atoms with Gasteiger partial charge in [0.05, 0.1) is 4.90 Å². The van der Waals surface area contributed by atoms with Gasteiger partial charge in [0.15, 0.2) is 0 Å². The van der Waals surface area contributed by atoms with Gasteiger partial charge in [0, 0.05) is 11.1 Å². The van der Waals surface area contributed by atoms with Gasteiger partial charge in [-0.2, -0.15) is 8.42 Å². The number of sulfonamides is 1. The normalized spacial score (nSPS) is 12.1. The Bertz CT molecular complexity index is 1290. The van der Waals surface area contributed by atoms with Gasteiger partial charge < -0.3 is 4.42 Å². The molecule has 1 aromatic heterocycles. The molecular formula is C24H19NO3S. The van der Waals surface area contributed by atoms with Crippen molar-refractivity contribution >= 4 is 10.0 Å². The first-order valence-corrected chi connectivity index (χ1v) is 10.6. The van der Waals surface area contributed by atoms with Crippen molar-refractivity contribution in [3.8, 4) is 22.5 Å². The molecule has 1 heterocycles. The van der Waals surface area contributed by atoms with E-state index in [-0.39, 0.29) is 10.4 Å². The Morgan fingerprint density at radius 3 is 1.90 bits per heavy atom. The van der Waals surface area contributed by atoms with Gasteiger partial charge >= 0.3 is 0 Å². The molecule has 5 heteroatoms. The lowest BCUT2D eigenvalue weighted by molar-refractivity contribution is 0.512. The molecule has 0 unspecified atom stereocenters. The third-order valence-corrected chi connectivity index (χ3v) is 5.78. The Hall–Kier alpha value is -3.44. The van der Waals surface area contributed by atoms with Crippen LogP contribution in [0.25, 0.3) is 22.5 Å². The predicted octanol–water partition coefficient (Wildman–Crippen LogP) is 5.21. The molecule has 0 aliphatic carbocycles. The van der Waals surface area contributed by atoms with Gasteiger partial charge in [0.25, 0.3) is 10.0 Å². The first-order chi connectivity index (χ1) is 14.0. The second-order valence-electron chi connectivity index (χ2n) is 6.63. The maximum atomic E-state index is 12.9. The smallest absolute Gasteiger partial charge is 0.285 e. The van der Waals surface area contributed by atoms with Gasteiger partial charge in [-0.3, -0.25) is 0 Å². The van der Waals surface area contributed by atoms with Crippen LogP contribution in [-0.4, -0.2) is 8.42 Å². The second-order valence-corrected chi connectivity index (χ2v) is 8.23. The highest BCUT2D eigenvalue weighted by Gasteiger charge is 2.15. The van der Waals surface area contributed by atoms with Crippen molar-refractivity contribution in [2.24, 2.45) is 4.40 Å². The number of rotatable bonds is 4. The van der Waals surface area contributed by atoms with E-state index in [0.29, 0.717) is 11.3 Å². The van der Waals surface area contributed by atoms with Crippen molar-refractivity contribution in [2.45, 2.75) is 11.8 Å². The topological polar surface area (TPSA) is 59.6 Å². The monoisotopic (exact) mass is 401 g/mol. The average molecular weight is 401 g/mol. The molecule has 4 nitrogen and oxygen atoms in total. The van der Waals surface area contributed by atoms with Crippen molar-refractivity contribution in [1.82, 2.24) is 0 Å². The van der Waals surface area contributed by atoms with Gasteiger partial charge in [0.2, 0.25) is 5.55 Å². The minimum Gasteiger partial charge on any atom is -0.437 e. The molecule has 144 valence electrons. The van der Waals surface area contributed by atoms with E-state index >= 15 is 0 Å². The lowest BCUT2D eigenvalue weighted by Gasteiger charge is -2.06. The molecule has 0 radical (unpaired) electrons. The summed E-state index contributed by atoms with van der Waals surface area (Å²) in [6, 6.07) is 29.2. The van der Waals surface area contributed by atoms with Crippen LogP contribution in [0.4, 0.5) is 0 Å². The zero-order valence-corrected chi connectivity index (χ0v) is 16.6. The SMILES string of the molecule is Cc1ccc(S(=O)(=O)/N=c2\oc(-c3ccccc3)ccc2-c2ccccc2)cc1. The van der Waals surface area contributed by atoms with Crippen LogP contribution in [0, 0.1) is 6.92 Å². The molecule has 3 aromatic carbocycles. The summed E-state index contributed by atoms with van der Waals surface area (Å²) in [6.07, 6.45) is 0. The van der Waals surface area contributed by atoms with E-state index in [2.05, 4.69) is 4.40 Å². The molecule has 0 aliphatic heterocycles. The first kappa shape index (κ1) is 18.9. The summed E-state index contributed by atoms with van der Waals surface area (Å²) in [6.45, 7) is 1.90. The molecule has 0 aliphatic rings. The molecule has 0 saturated heterocycles. The molecule has 29 heavy (non-hydrogen) atoms. The number of aryl methyl sites for hydroxylation is 1. The summed E-state index contributed by atoms with van der Waals surface area (Å²) >= 11 is 0. The van der Waals surface area contributed by atoms with Crippen molar-refractivity contribution in [3.05, 3.63) is 108 Å². The van der Waals surface area contributed by atoms with Crippen LogP contribution in [-0.2, 0) is 10.0 Å². The molecule has 0 N–H and O–H groups in total. The van der Waals surface area contributed by atoms with Crippen LogP contribution in [0.5, 0.6) is 0 Å². The summed E-state index contributed by atoms with van der Waals surface area (Å²) in [5.41, 5.74) is 3.31. The van der Waals surface area contributed by atoms with Gasteiger partial charge in [-0.1, -0.05) is 78.4 Å². The quantitative estimate of drug-likeness (QED) is 0.471. The molecular weight excluding hydrogens is 382 g/mol.